The molecule has 2 unspecified atom stereocenters. The third-order valence-corrected chi connectivity index (χ3v) is 2.97. The fourth-order valence-electron chi connectivity index (χ4n) is 2.07. The maximum Gasteiger partial charge on any atom is 0.158 e. The molecule has 0 spiro atoms. The van der Waals surface area contributed by atoms with Gasteiger partial charge in [0.25, 0.3) is 0 Å². The molecule has 0 aromatic heterocycles. The van der Waals surface area contributed by atoms with Crippen LogP contribution in [-0.4, -0.2) is 6.10 Å². The lowest BCUT2D eigenvalue weighted by atomic mass is 9.83. The standard InChI is InChI=1S/C10H16O/c1-6(2)8-5-4-7(3)9-10(8)11-9/h6,8,10H,4-5H2,1-3H3. The van der Waals surface area contributed by atoms with Crippen molar-refractivity contribution in [1.82, 2.24) is 0 Å². The van der Waals surface area contributed by atoms with Crippen molar-refractivity contribution in [1.29, 1.82) is 0 Å². The van der Waals surface area contributed by atoms with E-state index in [1.807, 2.05) is 0 Å². The molecule has 0 radical (unpaired) electrons. The van der Waals surface area contributed by atoms with Gasteiger partial charge in [0.2, 0.25) is 0 Å². The van der Waals surface area contributed by atoms with Crippen LogP contribution in [0.25, 0.3) is 0 Å². The number of ether oxygens (including phenoxy) is 1. The van der Waals surface area contributed by atoms with E-state index in [0.29, 0.717) is 6.10 Å². The van der Waals surface area contributed by atoms with Gasteiger partial charge in [-0.2, -0.15) is 0 Å². The first kappa shape index (κ1) is 7.20. The van der Waals surface area contributed by atoms with Gasteiger partial charge in [-0.3, -0.25) is 0 Å². The average molecular weight is 152 g/mol. The van der Waals surface area contributed by atoms with Crippen molar-refractivity contribution in [2.24, 2.45) is 11.8 Å². The second kappa shape index (κ2) is 2.26. The van der Waals surface area contributed by atoms with E-state index in [2.05, 4.69) is 20.8 Å². The average Bonchev–Trinajstić information content (AvgIpc) is 2.66. The van der Waals surface area contributed by atoms with Crippen molar-refractivity contribution in [2.45, 2.75) is 39.7 Å². The van der Waals surface area contributed by atoms with Crippen LogP contribution in [0.1, 0.15) is 33.6 Å². The summed E-state index contributed by atoms with van der Waals surface area (Å²) in [4.78, 5) is 0. The third kappa shape index (κ3) is 1.07. The highest BCUT2D eigenvalue weighted by Gasteiger charge is 2.45. The molecule has 11 heavy (non-hydrogen) atoms. The zero-order valence-electron chi connectivity index (χ0n) is 7.55. The summed E-state index contributed by atoms with van der Waals surface area (Å²) >= 11 is 0. The van der Waals surface area contributed by atoms with Gasteiger partial charge in [-0.25, -0.2) is 0 Å². The van der Waals surface area contributed by atoms with Gasteiger partial charge in [-0.15, -0.1) is 0 Å². The number of fused-ring (bicyclic) bond motifs is 1. The van der Waals surface area contributed by atoms with Gasteiger partial charge in [-0.1, -0.05) is 13.8 Å². The molecule has 0 N–H and O–H groups in total. The Bertz CT molecular complexity index is 203. The maximum absolute atomic E-state index is 5.54. The molecule has 1 nitrogen and oxygen atoms in total. The summed E-state index contributed by atoms with van der Waals surface area (Å²) in [5, 5.41) is 0. The van der Waals surface area contributed by atoms with E-state index in [4.69, 9.17) is 4.74 Å². The highest BCUT2D eigenvalue weighted by molar-refractivity contribution is 5.25. The molecule has 0 amide bonds. The molecule has 1 saturated heterocycles. The lowest BCUT2D eigenvalue weighted by Crippen LogP contribution is -2.17. The number of hydrogen-bond acceptors (Lipinski definition) is 1. The van der Waals surface area contributed by atoms with Crippen molar-refractivity contribution in [3.05, 3.63) is 11.3 Å². The molecule has 1 heteroatoms. The molecular weight excluding hydrogens is 136 g/mol. The van der Waals surface area contributed by atoms with Crippen LogP contribution in [0.2, 0.25) is 0 Å². The van der Waals surface area contributed by atoms with Gasteiger partial charge < -0.3 is 4.74 Å². The van der Waals surface area contributed by atoms with Gasteiger partial charge in [0.1, 0.15) is 5.76 Å². The summed E-state index contributed by atoms with van der Waals surface area (Å²) in [6.07, 6.45) is 3.11. The van der Waals surface area contributed by atoms with Crippen LogP contribution in [0, 0.1) is 11.8 Å². The Morgan fingerprint density at radius 2 is 2.18 bits per heavy atom. The van der Waals surface area contributed by atoms with E-state index in [1.54, 1.807) is 0 Å². The van der Waals surface area contributed by atoms with Crippen LogP contribution in [0.15, 0.2) is 11.3 Å². The lowest BCUT2D eigenvalue weighted by Gasteiger charge is -2.19. The first-order chi connectivity index (χ1) is 5.20. The monoisotopic (exact) mass is 152 g/mol. The summed E-state index contributed by atoms with van der Waals surface area (Å²) in [5.41, 5.74) is 1.49. The quantitative estimate of drug-likeness (QED) is 0.526. The van der Waals surface area contributed by atoms with E-state index >= 15 is 0 Å². The van der Waals surface area contributed by atoms with Crippen LogP contribution in [0.4, 0.5) is 0 Å². The fourth-order valence-corrected chi connectivity index (χ4v) is 2.07. The molecule has 1 heterocycles. The van der Waals surface area contributed by atoms with Crippen LogP contribution in [0.5, 0.6) is 0 Å². The Labute approximate surface area is 68.4 Å². The van der Waals surface area contributed by atoms with E-state index in [-0.39, 0.29) is 0 Å². The minimum Gasteiger partial charge on any atom is -0.483 e. The van der Waals surface area contributed by atoms with Gasteiger partial charge in [-0.05, 0) is 31.3 Å². The second-order valence-electron chi connectivity index (χ2n) is 4.13. The summed E-state index contributed by atoms with van der Waals surface area (Å²) in [6, 6.07) is 0. The summed E-state index contributed by atoms with van der Waals surface area (Å²) in [6.45, 7) is 6.79. The van der Waals surface area contributed by atoms with Crippen molar-refractivity contribution in [3.63, 3.8) is 0 Å². The Kier molecular flexibility index (Phi) is 1.48. The van der Waals surface area contributed by atoms with Crippen molar-refractivity contribution >= 4 is 0 Å². The largest absolute Gasteiger partial charge is 0.483 e. The second-order valence-corrected chi connectivity index (χ2v) is 4.13. The summed E-state index contributed by atoms with van der Waals surface area (Å²) in [5.74, 6) is 2.90. The minimum atomic E-state index is 0.517. The van der Waals surface area contributed by atoms with Crippen LogP contribution in [0.3, 0.4) is 0 Å². The Balaban J connectivity index is 2.11. The minimum absolute atomic E-state index is 0.517. The zero-order valence-corrected chi connectivity index (χ0v) is 7.55. The molecular formula is C10H16O. The third-order valence-electron chi connectivity index (χ3n) is 2.97. The van der Waals surface area contributed by atoms with Crippen LogP contribution in [-0.2, 0) is 4.74 Å². The molecule has 1 aliphatic carbocycles. The van der Waals surface area contributed by atoms with Gasteiger partial charge in [0.05, 0.1) is 0 Å². The molecule has 0 aromatic rings. The zero-order chi connectivity index (χ0) is 8.01. The normalized spacial score (nSPS) is 35.3. The highest BCUT2D eigenvalue weighted by atomic mass is 16.6. The van der Waals surface area contributed by atoms with E-state index in [0.717, 1.165) is 11.8 Å². The molecule has 1 fully saturated rings. The first-order valence-corrected chi connectivity index (χ1v) is 4.56. The SMILES string of the molecule is CC1=C2OC2C(C(C)C)CC1. The first-order valence-electron chi connectivity index (χ1n) is 4.56. The predicted molar refractivity (Wildman–Crippen MR) is 45.1 cm³/mol. The van der Waals surface area contributed by atoms with Gasteiger partial charge >= 0.3 is 0 Å². The predicted octanol–water partition coefficient (Wildman–Crippen LogP) is 2.73. The summed E-state index contributed by atoms with van der Waals surface area (Å²) in [7, 11) is 0. The Morgan fingerprint density at radius 3 is 2.82 bits per heavy atom. The summed E-state index contributed by atoms with van der Waals surface area (Å²) < 4.78 is 5.54. The molecule has 0 bridgehead atoms. The highest BCUT2D eigenvalue weighted by Crippen LogP contribution is 2.46. The van der Waals surface area contributed by atoms with E-state index in [1.165, 1.54) is 24.2 Å². The number of rotatable bonds is 1. The van der Waals surface area contributed by atoms with Crippen molar-refractivity contribution < 1.29 is 4.74 Å². The van der Waals surface area contributed by atoms with E-state index in [9.17, 15) is 0 Å². The number of epoxide rings is 1. The van der Waals surface area contributed by atoms with Gasteiger partial charge in [0.15, 0.2) is 6.10 Å². The molecule has 0 saturated carbocycles. The van der Waals surface area contributed by atoms with E-state index < -0.39 is 0 Å². The topological polar surface area (TPSA) is 12.5 Å². The van der Waals surface area contributed by atoms with Gasteiger partial charge in [0, 0.05) is 5.92 Å². The molecule has 2 rings (SSSR count). The Hall–Kier alpha value is -0.460. The fraction of sp³-hybridized carbons (Fsp3) is 0.800. The lowest BCUT2D eigenvalue weighted by molar-refractivity contribution is 0.263. The smallest absolute Gasteiger partial charge is 0.158 e. The molecule has 1 aliphatic heterocycles. The molecule has 0 aromatic carbocycles. The van der Waals surface area contributed by atoms with Crippen LogP contribution >= 0.6 is 0 Å². The molecule has 62 valence electrons. The Morgan fingerprint density at radius 1 is 1.45 bits per heavy atom. The number of allylic oxidation sites excluding steroid dienone is 1. The van der Waals surface area contributed by atoms with Crippen molar-refractivity contribution in [3.8, 4) is 0 Å². The number of hydrogen-bond donors (Lipinski definition) is 0. The molecule has 2 atom stereocenters. The maximum atomic E-state index is 5.54. The molecule has 2 aliphatic rings. The van der Waals surface area contributed by atoms with Crippen LogP contribution < -0.4 is 0 Å². The van der Waals surface area contributed by atoms with Crippen molar-refractivity contribution in [2.75, 3.05) is 0 Å².